The molecule has 2 aromatic rings. The molecule has 2 aliphatic heterocycles. The highest BCUT2D eigenvalue weighted by Crippen LogP contribution is 2.32. The zero-order chi connectivity index (χ0) is 23.4. The smallest absolute Gasteiger partial charge is 0.248 e. The van der Waals surface area contributed by atoms with E-state index in [0.717, 1.165) is 24.8 Å². The van der Waals surface area contributed by atoms with Crippen molar-refractivity contribution >= 4 is 33.4 Å². The van der Waals surface area contributed by atoms with Crippen LogP contribution in [-0.2, 0) is 14.8 Å². The molecule has 0 radical (unpaired) electrons. The summed E-state index contributed by atoms with van der Waals surface area (Å²) in [6.45, 7) is 2.06. The Morgan fingerprint density at radius 3 is 2.45 bits per heavy atom. The first kappa shape index (κ1) is 23.1. The molecule has 0 saturated carbocycles. The fourth-order valence-corrected chi connectivity index (χ4v) is 5.47. The van der Waals surface area contributed by atoms with Crippen LogP contribution in [0.4, 0.5) is 11.4 Å². The highest BCUT2D eigenvalue weighted by molar-refractivity contribution is 7.89. The van der Waals surface area contributed by atoms with Gasteiger partial charge in [-0.1, -0.05) is 12.5 Å². The van der Waals surface area contributed by atoms with Gasteiger partial charge in [-0.3, -0.25) is 4.79 Å². The lowest BCUT2D eigenvalue weighted by Gasteiger charge is -2.26. The number of piperidine rings is 1. The van der Waals surface area contributed by atoms with Crippen LogP contribution in [0.15, 0.2) is 47.4 Å². The summed E-state index contributed by atoms with van der Waals surface area (Å²) in [6, 6.07) is 10.3. The molecule has 1 N–H and O–H groups in total. The van der Waals surface area contributed by atoms with Crippen molar-refractivity contribution in [1.82, 2.24) is 4.31 Å². The van der Waals surface area contributed by atoms with Crippen LogP contribution in [-0.4, -0.2) is 59.0 Å². The molecule has 1 fully saturated rings. The zero-order valence-corrected chi connectivity index (χ0v) is 19.7. The van der Waals surface area contributed by atoms with Gasteiger partial charge in [0.05, 0.1) is 16.3 Å². The van der Waals surface area contributed by atoms with Gasteiger partial charge in [0.15, 0.2) is 11.5 Å². The number of carbonyl (C=O) groups is 1. The Hall–Kier alpha value is -3.04. The van der Waals surface area contributed by atoms with Gasteiger partial charge in [0.25, 0.3) is 0 Å². The minimum atomic E-state index is -3.61. The first-order valence-corrected chi connectivity index (χ1v) is 12.5. The van der Waals surface area contributed by atoms with Crippen molar-refractivity contribution in [3.8, 4) is 11.5 Å². The molecule has 33 heavy (non-hydrogen) atoms. The number of sulfonamides is 1. The average Bonchev–Trinajstić information content (AvgIpc) is 2.83. The third-order valence-corrected chi connectivity index (χ3v) is 7.55. The fraction of sp³-hybridized carbons (Fsp3) is 0.375. The highest BCUT2D eigenvalue weighted by atomic mass is 32.2. The Morgan fingerprint density at radius 1 is 1.00 bits per heavy atom. The molecule has 1 saturated heterocycles. The predicted octanol–water partition coefficient (Wildman–Crippen LogP) is 3.35. The number of nitrogens with one attached hydrogen (secondary N) is 1. The SMILES string of the molecule is CN(C)c1ccc(S(=O)(=O)N2CCCCC2)cc1NC(=O)C=Cc1ccc2c(c1)OCCO2. The molecule has 2 aliphatic rings. The molecular formula is C24H29N3O5S. The minimum absolute atomic E-state index is 0.182. The third kappa shape index (κ3) is 5.31. The van der Waals surface area contributed by atoms with Gasteiger partial charge in [-0.15, -0.1) is 0 Å². The largest absolute Gasteiger partial charge is 0.486 e. The Morgan fingerprint density at radius 2 is 1.73 bits per heavy atom. The second-order valence-corrected chi connectivity index (χ2v) is 10.2. The Labute approximate surface area is 194 Å². The van der Waals surface area contributed by atoms with Crippen LogP contribution >= 0.6 is 0 Å². The Balaban J connectivity index is 1.54. The number of carbonyl (C=O) groups excluding carboxylic acids is 1. The van der Waals surface area contributed by atoms with Gasteiger partial charge in [0.2, 0.25) is 15.9 Å². The maximum atomic E-state index is 13.1. The van der Waals surface area contributed by atoms with E-state index in [-0.39, 0.29) is 10.8 Å². The fourth-order valence-electron chi connectivity index (χ4n) is 3.93. The number of benzene rings is 2. The van der Waals surface area contributed by atoms with Crippen LogP contribution in [0.25, 0.3) is 6.08 Å². The quantitative estimate of drug-likeness (QED) is 0.650. The molecular weight excluding hydrogens is 442 g/mol. The Bertz CT molecular complexity index is 1150. The molecule has 176 valence electrons. The zero-order valence-electron chi connectivity index (χ0n) is 18.9. The van der Waals surface area contributed by atoms with Gasteiger partial charge in [-0.25, -0.2) is 8.42 Å². The van der Waals surface area contributed by atoms with Crippen molar-refractivity contribution < 1.29 is 22.7 Å². The van der Waals surface area contributed by atoms with Crippen molar-refractivity contribution in [2.75, 3.05) is 50.6 Å². The van der Waals surface area contributed by atoms with Crippen LogP contribution in [0.3, 0.4) is 0 Å². The lowest BCUT2D eigenvalue weighted by molar-refractivity contribution is -0.111. The number of fused-ring (bicyclic) bond motifs is 1. The highest BCUT2D eigenvalue weighted by Gasteiger charge is 2.27. The minimum Gasteiger partial charge on any atom is -0.486 e. The summed E-state index contributed by atoms with van der Waals surface area (Å²) in [4.78, 5) is 14.7. The van der Waals surface area contributed by atoms with E-state index in [1.165, 1.54) is 16.4 Å². The number of ether oxygens (including phenoxy) is 2. The first-order chi connectivity index (χ1) is 15.8. The third-order valence-electron chi connectivity index (χ3n) is 5.65. The standard InChI is InChI=1S/C24H29N3O5S/c1-26(2)21-9-8-19(33(29,30)27-12-4-3-5-13-27)17-20(21)25-24(28)11-7-18-6-10-22-23(16-18)32-15-14-31-22/h6-11,16-17H,3-5,12-15H2,1-2H3,(H,25,28). The van der Waals surface area contributed by atoms with Crippen LogP contribution in [0.1, 0.15) is 24.8 Å². The number of anilines is 2. The molecule has 1 amide bonds. The summed E-state index contributed by atoms with van der Waals surface area (Å²) in [5.41, 5.74) is 1.95. The average molecular weight is 472 g/mol. The van der Waals surface area contributed by atoms with E-state index in [2.05, 4.69) is 5.32 Å². The van der Waals surface area contributed by atoms with E-state index in [1.807, 2.05) is 37.2 Å². The summed E-state index contributed by atoms with van der Waals surface area (Å²) >= 11 is 0. The van der Waals surface area contributed by atoms with Gasteiger partial charge in [-0.2, -0.15) is 4.31 Å². The Kier molecular flexibility index (Phi) is 6.90. The van der Waals surface area contributed by atoms with Crippen molar-refractivity contribution in [3.05, 3.63) is 48.0 Å². The topological polar surface area (TPSA) is 88.2 Å². The van der Waals surface area contributed by atoms with Crippen LogP contribution in [0.5, 0.6) is 11.5 Å². The van der Waals surface area contributed by atoms with Gasteiger partial charge in [0.1, 0.15) is 13.2 Å². The van der Waals surface area contributed by atoms with Crippen molar-refractivity contribution in [1.29, 1.82) is 0 Å². The molecule has 2 aromatic carbocycles. The van der Waals surface area contributed by atoms with Crippen molar-refractivity contribution in [2.45, 2.75) is 24.2 Å². The van der Waals surface area contributed by atoms with Crippen LogP contribution in [0, 0.1) is 0 Å². The summed E-state index contributed by atoms with van der Waals surface area (Å²) in [6.07, 6.45) is 5.86. The number of amides is 1. The molecule has 0 bridgehead atoms. The number of rotatable bonds is 6. The lowest BCUT2D eigenvalue weighted by Crippen LogP contribution is -2.35. The van der Waals surface area contributed by atoms with Gasteiger partial charge < -0.3 is 19.7 Å². The molecule has 0 aromatic heterocycles. The normalized spacial score (nSPS) is 16.5. The van der Waals surface area contributed by atoms with E-state index >= 15 is 0 Å². The number of hydrogen-bond acceptors (Lipinski definition) is 6. The number of hydrogen-bond donors (Lipinski definition) is 1. The predicted molar refractivity (Wildman–Crippen MR) is 128 cm³/mol. The number of nitrogens with zero attached hydrogens (tertiary/aromatic N) is 2. The first-order valence-electron chi connectivity index (χ1n) is 11.0. The molecule has 0 aliphatic carbocycles. The molecule has 0 spiro atoms. The molecule has 8 nitrogen and oxygen atoms in total. The van der Waals surface area contributed by atoms with Crippen molar-refractivity contribution in [3.63, 3.8) is 0 Å². The summed E-state index contributed by atoms with van der Waals surface area (Å²) < 4.78 is 38.8. The molecule has 2 heterocycles. The summed E-state index contributed by atoms with van der Waals surface area (Å²) in [5.74, 6) is 0.972. The van der Waals surface area contributed by atoms with E-state index in [0.29, 0.717) is 49.2 Å². The second kappa shape index (κ2) is 9.84. The maximum absolute atomic E-state index is 13.1. The monoisotopic (exact) mass is 471 g/mol. The van der Waals surface area contributed by atoms with Gasteiger partial charge >= 0.3 is 0 Å². The van der Waals surface area contributed by atoms with E-state index in [1.54, 1.807) is 18.2 Å². The van der Waals surface area contributed by atoms with Crippen LogP contribution < -0.4 is 19.7 Å². The lowest BCUT2D eigenvalue weighted by atomic mass is 10.1. The molecule has 4 rings (SSSR count). The molecule has 0 atom stereocenters. The molecule has 9 heteroatoms. The molecule has 0 unspecified atom stereocenters. The van der Waals surface area contributed by atoms with E-state index in [9.17, 15) is 13.2 Å². The second-order valence-electron chi connectivity index (χ2n) is 8.26. The van der Waals surface area contributed by atoms with Gasteiger partial charge in [0, 0.05) is 33.3 Å². The maximum Gasteiger partial charge on any atom is 0.248 e. The van der Waals surface area contributed by atoms with Gasteiger partial charge in [-0.05, 0) is 54.8 Å². The summed E-state index contributed by atoms with van der Waals surface area (Å²) in [5, 5.41) is 2.83. The van der Waals surface area contributed by atoms with E-state index in [4.69, 9.17) is 9.47 Å². The van der Waals surface area contributed by atoms with E-state index < -0.39 is 10.0 Å². The van der Waals surface area contributed by atoms with Crippen molar-refractivity contribution in [2.24, 2.45) is 0 Å². The van der Waals surface area contributed by atoms with Crippen LogP contribution in [0.2, 0.25) is 0 Å². The summed E-state index contributed by atoms with van der Waals surface area (Å²) in [7, 11) is 0.0770.